The van der Waals surface area contributed by atoms with Gasteiger partial charge in [-0.3, -0.25) is 14.3 Å². The fraction of sp³-hybridized carbons (Fsp3) is 0.421. The predicted octanol–water partition coefficient (Wildman–Crippen LogP) is 0.919. The molecule has 3 heterocycles. The summed E-state index contributed by atoms with van der Waals surface area (Å²) >= 11 is 0. The van der Waals surface area contributed by atoms with Crippen LogP contribution in [0.5, 0.6) is 0 Å². The Hall–Kier alpha value is -2.83. The number of aryl methyl sites for hydroxylation is 1. The number of carbonyl (C=O) groups is 2. The summed E-state index contributed by atoms with van der Waals surface area (Å²) in [5, 5.41) is 10.3. The van der Waals surface area contributed by atoms with Gasteiger partial charge in [0.1, 0.15) is 0 Å². The van der Waals surface area contributed by atoms with Crippen LogP contribution in [0.4, 0.5) is 5.69 Å². The van der Waals surface area contributed by atoms with Crippen LogP contribution >= 0.6 is 0 Å². The number of aromatic nitrogens is 2. The first-order valence-electron chi connectivity index (χ1n) is 9.01. The van der Waals surface area contributed by atoms with Gasteiger partial charge >= 0.3 is 0 Å². The average Bonchev–Trinajstić information content (AvgIpc) is 3.23. The van der Waals surface area contributed by atoms with E-state index in [2.05, 4.69) is 32.8 Å². The summed E-state index contributed by atoms with van der Waals surface area (Å²) < 4.78 is 1.74. The summed E-state index contributed by atoms with van der Waals surface area (Å²) in [6, 6.07) is 9.71. The molecule has 7 nitrogen and oxygen atoms in total. The lowest BCUT2D eigenvalue weighted by Crippen LogP contribution is -2.52. The molecule has 0 aliphatic carbocycles. The minimum atomic E-state index is -0.251. The lowest BCUT2D eigenvalue weighted by atomic mass is 9.95. The van der Waals surface area contributed by atoms with Crippen LogP contribution in [0.15, 0.2) is 36.5 Å². The highest BCUT2D eigenvalue weighted by Crippen LogP contribution is 2.27. The molecule has 136 valence electrons. The van der Waals surface area contributed by atoms with Crippen LogP contribution in [0.2, 0.25) is 0 Å². The minimum Gasteiger partial charge on any atom is -0.362 e. The first-order valence-corrected chi connectivity index (χ1v) is 9.01. The monoisotopic (exact) mass is 353 g/mol. The molecule has 2 atom stereocenters. The van der Waals surface area contributed by atoms with Gasteiger partial charge in [-0.05, 0) is 30.5 Å². The Balaban J connectivity index is 1.44. The van der Waals surface area contributed by atoms with Gasteiger partial charge in [0.15, 0.2) is 0 Å². The molecule has 2 aromatic rings. The molecule has 7 heteroatoms. The van der Waals surface area contributed by atoms with Crippen molar-refractivity contribution in [2.24, 2.45) is 7.05 Å². The zero-order valence-corrected chi connectivity index (χ0v) is 14.8. The molecule has 26 heavy (non-hydrogen) atoms. The van der Waals surface area contributed by atoms with Crippen molar-refractivity contribution in [3.8, 4) is 0 Å². The maximum absolute atomic E-state index is 12.7. The van der Waals surface area contributed by atoms with Gasteiger partial charge < -0.3 is 15.5 Å². The highest BCUT2D eigenvalue weighted by Gasteiger charge is 2.33. The molecule has 1 aromatic carbocycles. The van der Waals surface area contributed by atoms with Gasteiger partial charge in [0.05, 0.1) is 24.3 Å². The van der Waals surface area contributed by atoms with Gasteiger partial charge in [-0.2, -0.15) is 5.10 Å². The second-order valence-corrected chi connectivity index (χ2v) is 6.94. The number of carbonyl (C=O) groups excluding carboxylic acids is 2. The van der Waals surface area contributed by atoms with E-state index >= 15 is 0 Å². The molecule has 0 unspecified atom stereocenters. The van der Waals surface area contributed by atoms with Gasteiger partial charge in [0.2, 0.25) is 11.8 Å². The Morgan fingerprint density at radius 1 is 1.31 bits per heavy atom. The number of rotatable bonds is 4. The second-order valence-electron chi connectivity index (χ2n) is 6.94. The Morgan fingerprint density at radius 2 is 2.15 bits per heavy atom. The van der Waals surface area contributed by atoms with E-state index in [1.165, 1.54) is 5.56 Å². The molecule has 0 spiro atoms. The average molecular weight is 353 g/mol. The highest BCUT2D eigenvalue weighted by atomic mass is 16.2. The van der Waals surface area contributed by atoms with Crippen LogP contribution in [0.1, 0.15) is 30.1 Å². The number of piperidine rings is 1. The number of amides is 2. The molecule has 1 aromatic heterocycles. The quantitative estimate of drug-likeness (QED) is 0.857. The van der Waals surface area contributed by atoms with E-state index in [0.717, 1.165) is 24.3 Å². The summed E-state index contributed by atoms with van der Waals surface area (Å²) in [6.45, 7) is 1.19. The van der Waals surface area contributed by atoms with Gasteiger partial charge in [0.25, 0.3) is 0 Å². The van der Waals surface area contributed by atoms with E-state index in [9.17, 15) is 9.59 Å². The van der Waals surface area contributed by atoms with Crippen LogP contribution in [-0.4, -0.2) is 40.7 Å². The first kappa shape index (κ1) is 16.6. The summed E-state index contributed by atoms with van der Waals surface area (Å²) in [4.78, 5) is 26.7. The molecule has 0 bridgehead atoms. The van der Waals surface area contributed by atoms with Crippen LogP contribution in [0.25, 0.3) is 0 Å². The standard InChI is InChI=1S/C19H23N5O2/c1-23-16(8-10-20-23)19-14(6-7-17(25)22-19)21-18(26)12-24-11-9-13-4-2-3-5-15(13)24/h2-5,8,10,14,19H,6-7,9,11-12H2,1H3,(H,21,26)(H,22,25)/t14-,19-/m1/s1. The van der Waals surface area contributed by atoms with E-state index in [1.54, 1.807) is 10.9 Å². The molecule has 0 radical (unpaired) electrons. The molecule has 2 aliphatic rings. The summed E-state index contributed by atoms with van der Waals surface area (Å²) in [7, 11) is 1.84. The smallest absolute Gasteiger partial charge is 0.239 e. The zero-order chi connectivity index (χ0) is 18.1. The van der Waals surface area contributed by atoms with Crippen LogP contribution in [0, 0.1) is 0 Å². The number of para-hydroxylation sites is 1. The fourth-order valence-electron chi connectivity index (χ4n) is 3.92. The van der Waals surface area contributed by atoms with Gasteiger partial charge in [-0.1, -0.05) is 18.2 Å². The third kappa shape index (κ3) is 3.16. The Kier molecular flexibility index (Phi) is 4.36. The van der Waals surface area contributed by atoms with Crippen LogP contribution in [-0.2, 0) is 23.1 Å². The predicted molar refractivity (Wildman–Crippen MR) is 97.6 cm³/mol. The molecule has 4 rings (SSSR count). The molecule has 0 saturated carbocycles. The van der Waals surface area contributed by atoms with Crippen molar-refractivity contribution in [1.82, 2.24) is 20.4 Å². The normalized spacial score (nSPS) is 22.0. The molecule has 1 fully saturated rings. The highest BCUT2D eigenvalue weighted by molar-refractivity contribution is 5.83. The fourth-order valence-corrected chi connectivity index (χ4v) is 3.92. The van der Waals surface area contributed by atoms with E-state index in [4.69, 9.17) is 0 Å². The van der Waals surface area contributed by atoms with Gasteiger partial charge in [-0.15, -0.1) is 0 Å². The van der Waals surface area contributed by atoms with E-state index in [0.29, 0.717) is 19.4 Å². The maximum Gasteiger partial charge on any atom is 0.239 e. The van der Waals surface area contributed by atoms with Crippen molar-refractivity contribution in [2.45, 2.75) is 31.3 Å². The summed E-state index contributed by atoms with van der Waals surface area (Å²) in [5.74, 6) is -0.00908. The number of hydrogen-bond donors (Lipinski definition) is 2. The topological polar surface area (TPSA) is 79.3 Å². The minimum absolute atomic E-state index is 0.00942. The number of hydrogen-bond acceptors (Lipinski definition) is 4. The van der Waals surface area contributed by atoms with Crippen molar-refractivity contribution >= 4 is 17.5 Å². The van der Waals surface area contributed by atoms with Gasteiger partial charge in [-0.25, -0.2) is 0 Å². The zero-order valence-electron chi connectivity index (χ0n) is 14.8. The number of nitrogens with one attached hydrogen (secondary N) is 2. The van der Waals surface area contributed by atoms with E-state index in [1.807, 2.05) is 25.2 Å². The third-order valence-corrected chi connectivity index (χ3v) is 5.24. The molecule has 2 amide bonds. The van der Waals surface area contributed by atoms with Crippen molar-refractivity contribution in [2.75, 3.05) is 18.0 Å². The Morgan fingerprint density at radius 3 is 2.96 bits per heavy atom. The van der Waals surface area contributed by atoms with Crippen molar-refractivity contribution in [3.63, 3.8) is 0 Å². The maximum atomic E-state index is 12.7. The number of fused-ring (bicyclic) bond motifs is 1. The SMILES string of the molecule is Cn1nccc1[C@@H]1NC(=O)CC[C@H]1NC(=O)CN1CCc2ccccc21. The number of anilines is 1. The van der Waals surface area contributed by atoms with Crippen LogP contribution < -0.4 is 15.5 Å². The van der Waals surface area contributed by atoms with Gasteiger partial charge in [0, 0.05) is 31.9 Å². The number of benzene rings is 1. The molecule has 2 aliphatic heterocycles. The third-order valence-electron chi connectivity index (χ3n) is 5.24. The lowest BCUT2D eigenvalue weighted by Gasteiger charge is -2.33. The Labute approximate surface area is 152 Å². The lowest BCUT2D eigenvalue weighted by molar-refractivity contribution is -0.126. The molecular weight excluding hydrogens is 330 g/mol. The van der Waals surface area contributed by atoms with E-state index < -0.39 is 0 Å². The summed E-state index contributed by atoms with van der Waals surface area (Å²) in [6.07, 6.45) is 3.73. The van der Waals surface area contributed by atoms with Crippen molar-refractivity contribution in [1.29, 1.82) is 0 Å². The van der Waals surface area contributed by atoms with Crippen molar-refractivity contribution in [3.05, 3.63) is 47.8 Å². The van der Waals surface area contributed by atoms with E-state index in [-0.39, 0.29) is 23.9 Å². The molecular formula is C19H23N5O2. The summed E-state index contributed by atoms with van der Waals surface area (Å²) in [5.41, 5.74) is 3.33. The molecule has 2 N–H and O–H groups in total. The largest absolute Gasteiger partial charge is 0.362 e. The second kappa shape index (κ2) is 6.82. The first-order chi connectivity index (χ1) is 12.6. The Bertz CT molecular complexity index is 831. The molecule has 1 saturated heterocycles. The van der Waals surface area contributed by atoms with Crippen molar-refractivity contribution < 1.29 is 9.59 Å². The number of nitrogens with zero attached hydrogens (tertiary/aromatic N) is 3. The van der Waals surface area contributed by atoms with Crippen LogP contribution in [0.3, 0.4) is 0 Å².